The summed E-state index contributed by atoms with van der Waals surface area (Å²) in [5.41, 5.74) is 1.94. The monoisotopic (exact) mass is 402 g/mol. The quantitative estimate of drug-likeness (QED) is 0.433. The van der Waals surface area contributed by atoms with Crippen molar-refractivity contribution in [3.05, 3.63) is 23.0 Å². The molecule has 4 heteroatoms. The Morgan fingerprint density at radius 2 is 1.93 bits per heavy atom. The van der Waals surface area contributed by atoms with E-state index in [-0.39, 0.29) is 17.4 Å². The van der Waals surface area contributed by atoms with E-state index in [1.54, 1.807) is 6.92 Å². The van der Waals surface area contributed by atoms with Gasteiger partial charge < -0.3 is 4.74 Å². The molecule has 160 valence electrons. The highest BCUT2D eigenvalue weighted by molar-refractivity contribution is 5.92. The Kier molecular flexibility index (Phi) is 5.28. The number of carbonyl (C=O) groups is 2. The van der Waals surface area contributed by atoms with E-state index < -0.39 is 11.8 Å². The van der Waals surface area contributed by atoms with Gasteiger partial charge in [-0.2, -0.15) is 4.39 Å². The van der Waals surface area contributed by atoms with Gasteiger partial charge in [0.1, 0.15) is 0 Å². The van der Waals surface area contributed by atoms with Crippen molar-refractivity contribution in [1.29, 1.82) is 0 Å². The van der Waals surface area contributed by atoms with Crippen molar-refractivity contribution in [2.45, 2.75) is 79.1 Å². The molecule has 0 unspecified atom stereocenters. The summed E-state index contributed by atoms with van der Waals surface area (Å²) < 4.78 is 20.0. The predicted octanol–water partition coefficient (Wildman–Crippen LogP) is 5.94. The van der Waals surface area contributed by atoms with Crippen LogP contribution in [0.15, 0.2) is 23.0 Å². The Labute approximate surface area is 174 Å². The Morgan fingerprint density at radius 3 is 2.62 bits per heavy atom. The maximum Gasteiger partial charge on any atom is 0.367 e. The van der Waals surface area contributed by atoms with Crippen LogP contribution < -0.4 is 0 Å². The third-order valence-electron chi connectivity index (χ3n) is 9.27. The van der Waals surface area contributed by atoms with Crippen molar-refractivity contribution in [3.63, 3.8) is 0 Å². The molecule has 0 aromatic carbocycles. The number of fused-ring (bicyclic) bond motifs is 5. The second kappa shape index (κ2) is 7.35. The Hall–Kier alpha value is -1.45. The first-order valence-electron chi connectivity index (χ1n) is 11.6. The number of esters is 1. The third-order valence-corrected chi connectivity index (χ3v) is 9.27. The minimum absolute atomic E-state index is 0.0963. The number of rotatable bonds is 3. The summed E-state index contributed by atoms with van der Waals surface area (Å²) in [4.78, 5) is 24.4. The minimum Gasteiger partial charge on any atom is -0.461 e. The van der Waals surface area contributed by atoms with Crippen molar-refractivity contribution in [3.8, 4) is 0 Å². The van der Waals surface area contributed by atoms with E-state index in [2.05, 4.69) is 20.8 Å². The minimum atomic E-state index is -0.788. The summed E-state index contributed by atoms with van der Waals surface area (Å²) in [5, 5.41) is 0. The van der Waals surface area contributed by atoms with Gasteiger partial charge >= 0.3 is 5.97 Å². The topological polar surface area (TPSA) is 43.4 Å². The van der Waals surface area contributed by atoms with Crippen molar-refractivity contribution < 1.29 is 18.7 Å². The lowest BCUT2D eigenvalue weighted by molar-refractivity contribution is -0.140. The molecule has 0 aliphatic heterocycles. The van der Waals surface area contributed by atoms with Crippen molar-refractivity contribution in [2.24, 2.45) is 34.5 Å². The largest absolute Gasteiger partial charge is 0.461 e. The Morgan fingerprint density at radius 1 is 1.17 bits per heavy atom. The van der Waals surface area contributed by atoms with Gasteiger partial charge in [0.05, 0.1) is 6.61 Å². The maximum absolute atomic E-state index is 15.0. The van der Waals surface area contributed by atoms with Gasteiger partial charge in [0.2, 0.25) is 5.83 Å². The Bertz CT molecular complexity index is 781. The first-order valence-corrected chi connectivity index (χ1v) is 11.6. The van der Waals surface area contributed by atoms with E-state index in [1.807, 2.05) is 6.08 Å². The second-order valence-corrected chi connectivity index (χ2v) is 10.2. The number of hydrogen-bond donors (Lipinski definition) is 0. The number of carbonyl (C=O) groups excluding carboxylic acids is 2. The number of hydrogen-bond acceptors (Lipinski definition) is 3. The van der Waals surface area contributed by atoms with Crippen LogP contribution in [0.25, 0.3) is 0 Å². The summed E-state index contributed by atoms with van der Waals surface area (Å²) in [6.07, 6.45) is 9.35. The smallest absolute Gasteiger partial charge is 0.367 e. The van der Waals surface area contributed by atoms with E-state index in [0.717, 1.165) is 38.5 Å². The number of ketones is 1. The molecular formula is C25H35FO3. The van der Waals surface area contributed by atoms with Crippen LogP contribution >= 0.6 is 0 Å². The fraction of sp³-hybridized carbons (Fsp3) is 0.760. The molecule has 0 saturated heterocycles. The highest BCUT2D eigenvalue weighted by Gasteiger charge is 2.60. The zero-order valence-corrected chi connectivity index (χ0v) is 18.4. The van der Waals surface area contributed by atoms with Gasteiger partial charge in [-0.05, 0) is 91.6 Å². The van der Waals surface area contributed by atoms with E-state index in [4.69, 9.17) is 4.74 Å². The first-order chi connectivity index (χ1) is 13.8. The van der Waals surface area contributed by atoms with E-state index >= 15 is 0 Å². The van der Waals surface area contributed by atoms with E-state index in [9.17, 15) is 14.0 Å². The van der Waals surface area contributed by atoms with Gasteiger partial charge in [0.15, 0.2) is 5.78 Å². The second-order valence-electron chi connectivity index (χ2n) is 10.2. The molecule has 0 bridgehead atoms. The fourth-order valence-electron chi connectivity index (χ4n) is 7.82. The molecular weight excluding hydrogens is 367 g/mol. The van der Waals surface area contributed by atoms with Crippen molar-refractivity contribution >= 4 is 11.8 Å². The van der Waals surface area contributed by atoms with Crippen LogP contribution in [0.3, 0.4) is 0 Å². The van der Waals surface area contributed by atoms with Gasteiger partial charge in [-0.15, -0.1) is 0 Å². The van der Waals surface area contributed by atoms with Crippen LogP contribution in [0.1, 0.15) is 79.1 Å². The van der Waals surface area contributed by atoms with Crippen LogP contribution in [0.2, 0.25) is 0 Å². The van der Waals surface area contributed by atoms with Crippen LogP contribution in [-0.2, 0) is 14.3 Å². The molecule has 29 heavy (non-hydrogen) atoms. The highest BCUT2D eigenvalue weighted by Crippen LogP contribution is 2.68. The highest BCUT2D eigenvalue weighted by atomic mass is 19.1. The van der Waals surface area contributed by atoms with Gasteiger partial charge in [0.25, 0.3) is 0 Å². The van der Waals surface area contributed by atoms with Crippen LogP contribution in [0, 0.1) is 34.5 Å². The summed E-state index contributed by atoms with van der Waals surface area (Å²) in [5.74, 6) is 0.821. The van der Waals surface area contributed by atoms with Crippen molar-refractivity contribution in [2.75, 3.05) is 6.61 Å². The third kappa shape index (κ3) is 2.96. The molecule has 4 aliphatic rings. The molecule has 0 aromatic heterocycles. The average Bonchev–Trinajstić information content (AvgIpc) is 3.04. The molecule has 3 nitrogen and oxygen atoms in total. The van der Waals surface area contributed by atoms with Crippen LogP contribution in [-0.4, -0.2) is 18.4 Å². The van der Waals surface area contributed by atoms with Crippen LogP contribution in [0.5, 0.6) is 0 Å². The molecule has 0 N–H and O–H groups in total. The van der Waals surface area contributed by atoms with Crippen molar-refractivity contribution in [1.82, 2.24) is 0 Å². The number of ether oxygens (including phenoxy) is 1. The molecule has 0 spiro atoms. The SMILES string of the molecule is CCOC(=O)C(F)=C1CC[C@H]2[C@@H]3CCC4=CC(=O)C[C@H](CC)[C@]4(C)[C@H]3CC[C@]12C. The molecule has 0 amide bonds. The zero-order chi connectivity index (χ0) is 21.0. The molecule has 0 aromatic rings. The Balaban J connectivity index is 1.68. The number of halogens is 1. The first kappa shape index (κ1) is 20.8. The molecule has 6 atom stereocenters. The fourth-order valence-corrected chi connectivity index (χ4v) is 7.82. The summed E-state index contributed by atoms with van der Waals surface area (Å²) in [6.45, 7) is 8.73. The standard InChI is InChI=1S/C25H35FO3/c1-5-15-13-17(27)14-16-7-8-18-19-9-10-21(22(26)23(28)29-6-2)24(19,3)12-11-20(18)25(15,16)4/h14-15,18-20H,5-13H2,1-4H3/t15-,18-,19-,20-,24-,25-/m0/s1. The average molecular weight is 403 g/mol. The van der Waals surface area contributed by atoms with Gasteiger partial charge in [-0.1, -0.05) is 32.8 Å². The molecule has 0 radical (unpaired) electrons. The molecule has 0 heterocycles. The lowest BCUT2D eigenvalue weighted by Crippen LogP contribution is -2.52. The number of allylic oxidation sites excluding steroid dienone is 2. The van der Waals surface area contributed by atoms with Gasteiger partial charge in [0, 0.05) is 6.42 Å². The van der Waals surface area contributed by atoms with E-state index in [1.165, 1.54) is 5.57 Å². The molecule has 4 rings (SSSR count). The van der Waals surface area contributed by atoms with Gasteiger partial charge in [-0.25, -0.2) is 4.79 Å². The van der Waals surface area contributed by atoms with Gasteiger partial charge in [-0.3, -0.25) is 4.79 Å². The molecule has 3 fully saturated rings. The van der Waals surface area contributed by atoms with E-state index in [0.29, 0.717) is 47.9 Å². The summed E-state index contributed by atoms with van der Waals surface area (Å²) in [6, 6.07) is 0. The molecule has 4 aliphatic carbocycles. The summed E-state index contributed by atoms with van der Waals surface area (Å²) >= 11 is 0. The lowest BCUT2D eigenvalue weighted by Gasteiger charge is -2.59. The van der Waals surface area contributed by atoms with Crippen LogP contribution in [0.4, 0.5) is 4.39 Å². The summed E-state index contributed by atoms with van der Waals surface area (Å²) in [7, 11) is 0. The molecule has 3 saturated carbocycles. The predicted molar refractivity (Wildman–Crippen MR) is 111 cm³/mol. The zero-order valence-electron chi connectivity index (χ0n) is 18.4. The maximum atomic E-state index is 15.0. The normalized spacial score (nSPS) is 43.1. The lowest BCUT2D eigenvalue weighted by atomic mass is 9.45.